The van der Waals surface area contributed by atoms with Crippen molar-refractivity contribution >= 4 is 17.1 Å². The van der Waals surface area contributed by atoms with E-state index in [4.69, 9.17) is 4.98 Å². The smallest absolute Gasteiger partial charge is 0.222 e. The summed E-state index contributed by atoms with van der Waals surface area (Å²) in [5.41, 5.74) is 3.14. The fourth-order valence-electron chi connectivity index (χ4n) is 4.20. The Bertz CT molecular complexity index is 948. The van der Waals surface area contributed by atoms with Gasteiger partial charge in [-0.2, -0.15) is 0 Å². The molecule has 1 aliphatic heterocycles. The van der Waals surface area contributed by atoms with E-state index in [-0.39, 0.29) is 5.91 Å². The highest BCUT2D eigenvalue weighted by Crippen LogP contribution is 2.25. The Hall–Kier alpha value is -2.69. The number of aryl methyl sites for hydroxylation is 1. The standard InChI is InChI=1S/C23H28N4O/c1-17(2)27-21(25-20-9-6-13-24-23(20)27)15-19-12-14-26(16-19)22(28)11-10-18-7-4-3-5-8-18/h3-9,13,17,19H,10-12,14-16H2,1-2H3/t19-/m1/s1. The van der Waals surface area contributed by atoms with Gasteiger partial charge >= 0.3 is 0 Å². The zero-order chi connectivity index (χ0) is 19.5. The van der Waals surface area contributed by atoms with E-state index in [0.717, 1.165) is 49.3 Å². The maximum atomic E-state index is 12.6. The van der Waals surface area contributed by atoms with Gasteiger partial charge in [0.15, 0.2) is 5.65 Å². The Balaban J connectivity index is 1.39. The number of hydrogen-bond acceptors (Lipinski definition) is 3. The number of pyridine rings is 1. The minimum absolute atomic E-state index is 0.269. The Morgan fingerprint density at radius 2 is 2.00 bits per heavy atom. The van der Waals surface area contributed by atoms with Crippen LogP contribution in [-0.4, -0.2) is 38.4 Å². The molecule has 5 heteroatoms. The molecule has 28 heavy (non-hydrogen) atoms. The molecule has 0 aliphatic carbocycles. The van der Waals surface area contributed by atoms with Crippen molar-refractivity contribution < 1.29 is 4.79 Å². The Labute approximate surface area is 166 Å². The van der Waals surface area contributed by atoms with Gasteiger partial charge in [-0.3, -0.25) is 4.79 Å². The first-order chi connectivity index (χ1) is 13.6. The van der Waals surface area contributed by atoms with E-state index >= 15 is 0 Å². The van der Waals surface area contributed by atoms with Crippen molar-refractivity contribution in [2.75, 3.05) is 13.1 Å². The van der Waals surface area contributed by atoms with Crippen LogP contribution in [0.3, 0.4) is 0 Å². The highest BCUT2D eigenvalue weighted by atomic mass is 16.2. The molecule has 1 fully saturated rings. The maximum Gasteiger partial charge on any atom is 0.222 e. The van der Waals surface area contributed by atoms with Crippen LogP contribution >= 0.6 is 0 Å². The van der Waals surface area contributed by atoms with Crippen LogP contribution in [0.1, 0.15) is 44.1 Å². The van der Waals surface area contributed by atoms with Crippen LogP contribution in [0.5, 0.6) is 0 Å². The van der Waals surface area contributed by atoms with Gasteiger partial charge in [0.05, 0.1) is 0 Å². The normalized spacial score (nSPS) is 17.0. The monoisotopic (exact) mass is 376 g/mol. The third kappa shape index (κ3) is 3.93. The first-order valence-electron chi connectivity index (χ1n) is 10.3. The fourth-order valence-corrected chi connectivity index (χ4v) is 4.20. The van der Waals surface area contributed by atoms with Crippen LogP contribution in [0.2, 0.25) is 0 Å². The third-order valence-corrected chi connectivity index (χ3v) is 5.62. The largest absolute Gasteiger partial charge is 0.342 e. The first-order valence-corrected chi connectivity index (χ1v) is 10.3. The maximum absolute atomic E-state index is 12.6. The molecular weight excluding hydrogens is 348 g/mol. The summed E-state index contributed by atoms with van der Waals surface area (Å²) in [6.45, 7) is 6.04. The molecule has 2 aromatic heterocycles. The molecule has 4 rings (SSSR count). The number of aromatic nitrogens is 3. The van der Waals surface area contributed by atoms with Crippen LogP contribution < -0.4 is 0 Å². The van der Waals surface area contributed by atoms with E-state index in [9.17, 15) is 4.79 Å². The summed E-state index contributed by atoms with van der Waals surface area (Å²) in [6.07, 6.45) is 5.18. The van der Waals surface area contributed by atoms with Crippen molar-refractivity contribution in [1.29, 1.82) is 0 Å². The molecule has 0 radical (unpaired) electrons. The van der Waals surface area contributed by atoms with E-state index in [1.165, 1.54) is 5.56 Å². The predicted octanol–water partition coefficient (Wildman–Crippen LogP) is 4.04. The molecule has 0 spiro atoms. The van der Waals surface area contributed by atoms with Crippen molar-refractivity contribution in [3.05, 3.63) is 60.0 Å². The molecule has 1 amide bonds. The molecule has 0 unspecified atom stereocenters. The van der Waals surface area contributed by atoms with Gasteiger partial charge in [-0.25, -0.2) is 9.97 Å². The van der Waals surface area contributed by atoms with Crippen LogP contribution in [0.25, 0.3) is 11.2 Å². The molecule has 5 nitrogen and oxygen atoms in total. The SMILES string of the molecule is CC(C)n1c(C[C@H]2CCN(C(=O)CCc3ccccc3)C2)nc2cccnc21. The van der Waals surface area contributed by atoms with Gasteiger partial charge in [0, 0.05) is 38.2 Å². The van der Waals surface area contributed by atoms with Crippen LogP contribution in [0.4, 0.5) is 0 Å². The lowest BCUT2D eigenvalue weighted by molar-refractivity contribution is -0.130. The predicted molar refractivity (Wildman–Crippen MR) is 111 cm³/mol. The van der Waals surface area contributed by atoms with Crippen LogP contribution in [0.15, 0.2) is 48.7 Å². The second-order valence-electron chi connectivity index (χ2n) is 8.02. The number of likely N-dealkylation sites (tertiary alicyclic amines) is 1. The molecule has 0 N–H and O–H groups in total. The van der Waals surface area contributed by atoms with Crippen molar-refractivity contribution in [1.82, 2.24) is 19.4 Å². The second-order valence-corrected chi connectivity index (χ2v) is 8.02. The minimum Gasteiger partial charge on any atom is -0.342 e. The molecule has 3 heterocycles. The summed E-state index contributed by atoms with van der Waals surface area (Å²) in [6, 6.07) is 14.5. The van der Waals surface area contributed by atoms with Gasteiger partial charge in [0.2, 0.25) is 5.91 Å². The van der Waals surface area contributed by atoms with Gasteiger partial charge in [-0.1, -0.05) is 30.3 Å². The average molecular weight is 377 g/mol. The van der Waals surface area contributed by atoms with Gasteiger partial charge in [-0.15, -0.1) is 0 Å². The van der Waals surface area contributed by atoms with Crippen LogP contribution in [0, 0.1) is 5.92 Å². The summed E-state index contributed by atoms with van der Waals surface area (Å²) in [4.78, 5) is 24.0. The molecule has 0 saturated carbocycles. The summed E-state index contributed by atoms with van der Waals surface area (Å²) in [5.74, 6) is 1.83. The number of nitrogens with zero attached hydrogens (tertiary/aromatic N) is 4. The molecule has 3 aromatic rings. The quantitative estimate of drug-likeness (QED) is 0.652. The molecule has 0 bridgehead atoms. The molecule has 1 atom stereocenters. The van der Waals surface area contributed by atoms with Gasteiger partial charge in [0.1, 0.15) is 11.3 Å². The Morgan fingerprint density at radius 3 is 2.79 bits per heavy atom. The lowest BCUT2D eigenvalue weighted by Crippen LogP contribution is -2.29. The third-order valence-electron chi connectivity index (χ3n) is 5.62. The molecule has 1 aliphatic rings. The van der Waals surface area contributed by atoms with Crippen LogP contribution in [-0.2, 0) is 17.6 Å². The van der Waals surface area contributed by atoms with Gasteiger partial charge < -0.3 is 9.47 Å². The Kier molecular flexibility index (Phi) is 5.42. The summed E-state index contributed by atoms with van der Waals surface area (Å²) < 4.78 is 2.25. The van der Waals surface area contributed by atoms with Gasteiger partial charge in [0.25, 0.3) is 0 Å². The number of benzene rings is 1. The lowest BCUT2D eigenvalue weighted by atomic mass is 10.0. The second kappa shape index (κ2) is 8.13. The molecule has 1 aromatic carbocycles. The van der Waals surface area contributed by atoms with Crippen molar-refractivity contribution in [3.8, 4) is 0 Å². The lowest BCUT2D eigenvalue weighted by Gasteiger charge is -2.17. The van der Waals surface area contributed by atoms with Crippen molar-refractivity contribution in [3.63, 3.8) is 0 Å². The fraction of sp³-hybridized carbons (Fsp3) is 0.435. The van der Waals surface area contributed by atoms with E-state index < -0.39 is 0 Å². The number of carbonyl (C=O) groups excluding carboxylic acids is 1. The summed E-state index contributed by atoms with van der Waals surface area (Å²) >= 11 is 0. The summed E-state index contributed by atoms with van der Waals surface area (Å²) in [5, 5.41) is 0. The highest BCUT2D eigenvalue weighted by molar-refractivity contribution is 5.76. The number of rotatable bonds is 6. The van der Waals surface area contributed by atoms with Gasteiger partial charge in [-0.05, 0) is 50.3 Å². The number of hydrogen-bond donors (Lipinski definition) is 0. The number of amides is 1. The minimum atomic E-state index is 0.269. The van der Waals surface area contributed by atoms with E-state index in [1.807, 2.05) is 41.4 Å². The molecular formula is C23H28N4O. The topological polar surface area (TPSA) is 51.0 Å². The van der Waals surface area contributed by atoms with Crippen molar-refractivity contribution in [2.45, 2.75) is 45.6 Å². The van der Waals surface area contributed by atoms with E-state index in [1.54, 1.807) is 0 Å². The molecule has 146 valence electrons. The molecule has 1 saturated heterocycles. The average Bonchev–Trinajstić information content (AvgIpc) is 3.31. The number of carbonyl (C=O) groups is 1. The number of fused-ring (bicyclic) bond motifs is 1. The van der Waals surface area contributed by atoms with E-state index in [2.05, 4.69) is 35.5 Å². The Morgan fingerprint density at radius 1 is 1.18 bits per heavy atom. The highest BCUT2D eigenvalue weighted by Gasteiger charge is 2.28. The first kappa shape index (κ1) is 18.7. The summed E-state index contributed by atoms with van der Waals surface area (Å²) in [7, 11) is 0. The van der Waals surface area contributed by atoms with Crippen molar-refractivity contribution in [2.24, 2.45) is 5.92 Å². The number of imidazole rings is 1. The van der Waals surface area contributed by atoms with E-state index in [0.29, 0.717) is 18.4 Å². The zero-order valence-corrected chi connectivity index (χ0v) is 16.7. The zero-order valence-electron chi connectivity index (χ0n) is 16.7.